The Balaban J connectivity index is 1.86. The summed E-state index contributed by atoms with van der Waals surface area (Å²) in [7, 11) is 0. The second kappa shape index (κ2) is 3.21. The SMILES string of the molecule is Nc1nccc2c1ncn2[C@@H]1[C@@H](O)[C@@H](O)[C@H]2C[C@H]21. The van der Waals surface area contributed by atoms with Gasteiger partial charge >= 0.3 is 0 Å². The summed E-state index contributed by atoms with van der Waals surface area (Å²) in [6.07, 6.45) is 2.96. The Morgan fingerprint density at radius 3 is 2.78 bits per heavy atom. The van der Waals surface area contributed by atoms with Crippen molar-refractivity contribution in [1.82, 2.24) is 14.5 Å². The molecule has 2 heterocycles. The molecule has 5 atom stereocenters. The van der Waals surface area contributed by atoms with E-state index in [1.165, 1.54) is 0 Å². The molecule has 2 saturated carbocycles. The second-order valence-electron chi connectivity index (χ2n) is 5.25. The molecule has 18 heavy (non-hydrogen) atoms. The van der Waals surface area contributed by atoms with E-state index in [2.05, 4.69) is 9.97 Å². The summed E-state index contributed by atoms with van der Waals surface area (Å²) in [5, 5.41) is 20.0. The molecule has 4 rings (SSSR count). The van der Waals surface area contributed by atoms with Gasteiger partial charge in [0.05, 0.1) is 24.0 Å². The number of rotatable bonds is 1. The fourth-order valence-electron chi connectivity index (χ4n) is 3.32. The molecular weight excluding hydrogens is 232 g/mol. The van der Waals surface area contributed by atoms with Gasteiger partial charge in [0.25, 0.3) is 0 Å². The Hall–Kier alpha value is -1.66. The zero-order valence-corrected chi connectivity index (χ0v) is 9.64. The summed E-state index contributed by atoms with van der Waals surface area (Å²) in [5.41, 5.74) is 7.30. The molecule has 2 fully saturated rings. The predicted octanol–water partition coefficient (Wildman–Crippen LogP) is -0.0739. The molecule has 2 aliphatic carbocycles. The van der Waals surface area contributed by atoms with Crippen molar-refractivity contribution in [3.8, 4) is 0 Å². The van der Waals surface area contributed by atoms with Crippen LogP contribution in [0.4, 0.5) is 5.82 Å². The van der Waals surface area contributed by atoms with Gasteiger partial charge in [-0.25, -0.2) is 9.97 Å². The number of aromatic nitrogens is 3. The molecule has 0 unspecified atom stereocenters. The van der Waals surface area contributed by atoms with E-state index in [0.717, 1.165) is 11.9 Å². The van der Waals surface area contributed by atoms with E-state index in [-0.39, 0.29) is 12.0 Å². The number of anilines is 1. The van der Waals surface area contributed by atoms with Crippen molar-refractivity contribution in [2.75, 3.05) is 5.73 Å². The van der Waals surface area contributed by atoms with E-state index < -0.39 is 12.2 Å². The van der Waals surface area contributed by atoms with E-state index in [1.807, 2.05) is 10.6 Å². The lowest BCUT2D eigenvalue weighted by Crippen LogP contribution is -2.31. The average Bonchev–Trinajstić information content (AvgIpc) is 2.95. The van der Waals surface area contributed by atoms with E-state index in [9.17, 15) is 10.2 Å². The summed E-state index contributed by atoms with van der Waals surface area (Å²) in [6, 6.07) is 1.74. The van der Waals surface area contributed by atoms with Crippen LogP contribution in [0.15, 0.2) is 18.6 Å². The number of fused-ring (bicyclic) bond motifs is 2. The normalized spacial score (nSPS) is 38.0. The summed E-state index contributed by atoms with van der Waals surface area (Å²) in [4.78, 5) is 8.26. The van der Waals surface area contributed by atoms with Gasteiger partial charge in [-0.1, -0.05) is 0 Å². The van der Waals surface area contributed by atoms with Crippen LogP contribution in [0.3, 0.4) is 0 Å². The van der Waals surface area contributed by atoms with E-state index in [1.54, 1.807) is 12.5 Å². The highest BCUT2D eigenvalue weighted by molar-refractivity contribution is 5.84. The minimum Gasteiger partial charge on any atom is -0.390 e. The molecule has 94 valence electrons. The van der Waals surface area contributed by atoms with Crippen LogP contribution in [0.1, 0.15) is 12.5 Å². The van der Waals surface area contributed by atoms with E-state index in [4.69, 9.17) is 5.73 Å². The van der Waals surface area contributed by atoms with Gasteiger partial charge in [-0.05, 0) is 24.3 Å². The standard InChI is InChI=1S/C12H14N4O2/c13-12-8-7(1-2-14-12)16(4-15-8)9-5-3-6(5)10(17)11(9)18/h1-2,4-6,9-11,17-18H,3H2,(H2,13,14)/t5-,6+,9+,10+,11-/m1/s1. The Labute approximate surface area is 103 Å². The van der Waals surface area contributed by atoms with Crippen molar-refractivity contribution in [1.29, 1.82) is 0 Å². The predicted molar refractivity (Wildman–Crippen MR) is 64.6 cm³/mol. The molecule has 0 radical (unpaired) electrons. The third-order valence-corrected chi connectivity index (χ3v) is 4.31. The molecule has 6 heteroatoms. The van der Waals surface area contributed by atoms with Crippen LogP contribution in [0, 0.1) is 11.8 Å². The molecule has 0 amide bonds. The van der Waals surface area contributed by atoms with Crippen LogP contribution >= 0.6 is 0 Å². The summed E-state index contributed by atoms with van der Waals surface area (Å²) >= 11 is 0. The van der Waals surface area contributed by atoms with E-state index >= 15 is 0 Å². The molecule has 2 aromatic heterocycles. The maximum Gasteiger partial charge on any atom is 0.151 e. The van der Waals surface area contributed by atoms with Crippen LogP contribution in [-0.2, 0) is 0 Å². The molecule has 6 nitrogen and oxygen atoms in total. The molecule has 0 spiro atoms. The number of hydrogen-bond acceptors (Lipinski definition) is 5. The zero-order chi connectivity index (χ0) is 12.4. The molecular formula is C12H14N4O2. The molecule has 0 bridgehead atoms. The van der Waals surface area contributed by atoms with Crippen LogP contribution in [0.2, 0.25) is 0 Å². The topological polar surface area (TPSA) is 97.2 Å². The molecule has 0 aromatic carbocycles. The summed E-state index contributed by atoms with van der Waals surface area (Å²) in [5.74, 6) is 0.982. The lowest BCUT2D eigenvalue weighted by atomic mass is 10.1. The van der Waals surface area contributed by atoms with Crippen LogP contribution in [0.25, 0.3) is 11.0 Å². The maximum atomic E-state index is 10.1. The fourth-order valence-corrected chi connectivity index (χ4v) is 3.32. The van der Waals surface area contributed by atoms with Crippen molar-refractivity contribution in [3.63, 3.8) is 0 Å². The molecule has 0 saturated heterocycles. The molecule has 2 aliphatic rings. The smallest absolute Gasteiger partial charge is 0.151 e. The van der Waals surface area contributed by atoms with Crippen molar-refractivity contribution < 1.29 is 10.2 Å². The molecule has 2 aromatic rings. The third-order valence-electron chi connectivity index (χ3n) is 4.31. The lowest BCUT2D eigenvalue weighted by Gasteiger charge is -2.22. The Kier molecular flexibility index (Phi) is 1.83. The van der Waals surface area contributed by atoms with Crippen LogP contribution in [0.5, 0.6) is 0 Å². The van der Waals surface area contributed by atoms with Crippen molar-refractivity contribution in [2.24, 2.45) is 11.8 Å². The number of aliphatic hydroxyl groups is 2. The van der Waals surface area contributed by atoms with Crippen molar-refractivity contribution in [3.05, 3.63) is 18.6 Å². The van der Waals surface area contributed by atoms with Gasteiger partial charge in [0, 0.05) is 6.20 Å². The highest BCUT2D eigenvalue weighted by Crippen LogP contribution is 2.57. The minimum absolute atomic E-state index is 0.100. The lowest BCUT2D eigenvalue weighted by molar-refractivity contribution is 0.00396. The number of nitrogens with two attached hydrogens (primary N) is 1. The summed E-state index contributed by atoms with van der Waals surface area (Å²) < 4.78 is 1.93. The quantitative estimate of drug-likeness (QED) is 0.654. The van der Waals surface area contributed by atoms with Gasteiger partial charge in [0.1, 0.15) is 11.6 Å². The number of nitrogens with zero attached hydrogens (tertiary/aromatic N) is 3. The minimum atomic E-state index is -0.722. The fraction of sp³-hybridized carbons (Fsp3) is 0.500. The first-order valence-electron chi connectivity index (χ1n) is 6.11. The first kappa shape index (κ1) is 10.3. The third kappa shape index (κ3) is 1.14. The highest BCUT2D eigenvalue weighted by Gasteiger charge is 2.60. The van der Waals surface area contributed by atoms with Gasteiger partial charge in [0.2, 0.25) is 0 Å². The first-order chi connectivity index (χ1) is 8.68. The van der Waals surface area contributed by atoms with Gasteiger partial charge in [-0.3, -0.25) is 0 Å². The number of aliphatic hydroxyl groups excluding tert-OH is 2. The zero-order valence-electron chi connectivity index (χ0n) is 9.64. The van der Waals surface area contributed by atoms with Gasteiger partial charge < -0.3 is 20.5 Å². The number of imidazole rings is 1. The average molecular weight is 246 g/mol. The summed E-state index contributed by atoms with van der Waals surface area (Å²) in [6.45, 7) is 0. The monoisotopic (exact) mass is 246 g/mol. The number of hydrogen-bond donors (Lipinski definition) is 3. The van der Waals surface area contributed by atoms with Crippen LogP contribution < -0.4 is 5.73 Å². The van der Waals surface area contributed by atoms with Crippen LogP contribution in [-0.4, -0.2) is 37.0 Å². The highest BCUT2D eigenvalue weighted by atomic mass is 16.3. The maximum absolute atomic E-state index is 10.1. The Morgan fingerprint density at radius 2 is 2.06 bits per heavy atom. The number of nitrogen functional groups attached to an aromatic ring is 1. The molecule has 0 aliphatic heterocycles. The number of pyridine rings is 1. The largest absolute Gasteiger partial charge is 0.390 e. The Bertz CT molecular complexity index is 626. The van der Waals surface area contributed by atoms with Gasteiger partial charge in [0.15, 0.2) is 5.82 Å². The van der Waals surface area contributed by atoms with Crippen molar-refractivity contribution >= 4 is 16.9 Å². The van der Waals surface area contributed by atoms with Gasteiger partial charge in [-0.15, -0.1) is 0 Å². The van der Waals surface area contributed by atoms with Crippen molar-refractivity contribution in [2.45, 2.75) is 24.7 Å². The van der Waals surface area contributed by atoms with Gasteiger partial charge in [-0.2, -0.15) is 0 Å². The second-order valence-corrected chi connectivity index (χ2v) is 5.25. The van der Waals surface area contributed by atoms with E-state index in [0.29, 0.717) is 17.3 Å². The Morgan fingerprint density at radius 1 is 1.22 bits per heavy atom. The molecule has 4 N–H and O–H groups in total. The first-order valence-corrected chi connectivity index (χ1v) is 6.11.